The van der Waals surface area contributed by atoms with Gasteiger partial charge in [0.2, 0.25) is 10.0 Å². The van der Waals surface area contributed by atoms with E-state index in [0.29, 0.717) is 0 Å². The Kier molecular flexibility index (Phi) is 2.24. The molecule has 0 saturated carbocycles. The van der Waals surface area contributed by atoms with Gasteiger partial charge in [-0.15, -0.1) is 0 Å². The molecular weight excluding hydrogens is 196 g/mol. The molecule has 0 bridgehead atoms. The van der Waals surface area contributed by atoms with Crippen LogP contribution in [0.1, 0.15) is 10.4 Å². The number of anilines is 1. The average molecular weight is 204 g/mol. The molecule has 0 unspecified atom stereocenters. The van der Waals surface area contributed by atoms with Crippen molar-refractivity contribution in [2.45, 2.75) is 0 Å². The number of primary amides is 1. The van der Waals surface area contributed by atoms with Crippen LogP contribution >= 0.6 is 0 Å². The Morgan fingerprint density at radius 3 is 2.77 bits per heavy atom. The fourth-order valence-electron chi connectivity index (χ4n) is 0.731. The highest BCUT2D eigenvalue weighted by atomic mass is 32.2. The van der Waals surface area contributed by atoms with E-state index in [9.17, 15) is 13.2 Å². The monoisotopic (exact) mass is 204 g/mol. The standard InChI is InChI=1S/C5H8N4O3S/c1-13(11,12)9-5-3(4(6)10)2-7-8-5/h2H,1H3,(H2,6,10)(H2,7,8,9). The molecule has 1 amide bonds. The number of sulfonamides is 1. The minimum absolute atomic E-state index is 0.00502. The smallest absolute Gasteiger partial charge is 0.254 e. The maximum absolute atomic E-state index is 10.8. The molecule has 0 aliphatic rings. The highest BCUT2D eigenvalue weighted by Gasteiger charge is 2.13. The molecule has 1 aromatic heterocycles. The first-order valence-corrected chi connectivity index (χ1v) is 5.10. The summed E-state index contributed by atoms with van der Waals surface area (Å²) in [5.41, 5.74) is 4.95. The highest BCUT2D eigenvalue weighted by Crippen LogP contribution is 2.10. The number of amides is 1. The molecule has 13 heavy (non-hydrogen) atoms. The van der Waals surface area contributed by atoms with Crippen LogP contribution < -0.4 is 10.5 Å². The zero-order valence-electron chi connectivity index (χ0n) is 6.73. The zero-order valence-corrected chi connectivity index (χ0v) is 7.55. The number of carbonyl (C=O) groups is 1. The predicted octanol–water partition coefficient (Wildman–Crippen LogP) is -1.12. The van der Waals surface area contributed by atoms with Gasteiger partial charge in [-0.25, -0.2) is 8.42 Å². The molecule has 0 atom stereocenters. The Balaban J connectivity index is 3.02. The predicted molar refractivity (Wildman–Crippen MR) is 45.6 cm³/mol. The van der Waals surface area contributed by atoms with Gasteiger partial charge < -0.3 is 5.73 Å². The van der Waals surface area contributed by atoms with E-state index in [2.05, 4.69) is 10.2 Å². The Labute approximate surface area is 74.4 Å². The summed E-state index contributed by atoms with van der Waals surface area (Å²) in [5, 5.41) is 5.83. The van der Waals surface area contributed by atoms with Crippen molar-refractivity contribution in [2.24, 2.45) is 5.73 Å². The third kappa shape index (κ3) is 2.44. The van der Waals surface area contributed by atoms with Crippen molar-refractivity contribution in [1.29, 1.82) is 0 Å². The van der Waals surface area contributed by atoms with Gasteiger partial charge in [0.25, 0.3) is 5.91 Å². The van der Waals surface area contributed by atoms with Gasteiger partial charge in [0, 0.05) is 6.20 Å². The lowest BCUT2D eigenvalue weighted by molar-refractivity contribution is 0.100. The van der Waals surface area contributed by atoms with Gasteiger partial charge in [-0.05, 0) is 0 Å². The van der Waals surface area contributed by atoms with Gasteiger partial charge in [-0.2, -0.15) is 5.10 Å². The minimum Gasteiger partial charge on any atom is -0.365 e. The van der Waals surface area contributed by atoms with Crippen molar-refractivity contribution >= 4 is 21.7 Å². The molecule has 1 heterocycles. The molecule has 0 fully saturated rings. The second-order valence-electron chi connectivity index (χ2n) is 2.39. The minimum atomic E-state index is -3.44. The molecule has 8 heteroatoms. The van der Waals surface area contributed by atoms with Crippen molar-refractivity contribution in [3.05, 3.63) is 11.8 Å². The molecule has 0 radical (unpaired) electrons. The number of aromatic amines is 1. The van der Waals surface area contributed by atoms with Gasteiger partial charge in [-0.1, -0.05) is 0 Å². The lowest BCUT2D eigenvalue weighted by Crippen LogP contribution is -2.16. The molecule has 7 nitrogen and oxygen atoms in total. The number of nitrogens with zero attached hydrogens (tertiary/aromatic N) is 1. The SMILES string of the molecule is CS(=O)(=O)Nc1n[nH]cc1C(N)=O. The van der Waals surface area contributed by atoms with E-state index in [-0.39, 0.29) is 11.4 Å². The Bertz CT molecular complexity index is 421. The van der Waals surface area contributed by atoms with Crippen molar-refractivity contribution in [3.8, 4) is 0 Å². The van der Waals surface area contributed by atoms with Crippen molar-refractivity contribution < 1.29 is 13.2 Å². The van der Waals surface area contributed by atoms with Gasteiger partial charge in [0.15, 0.2) is 5.82 Å². The van der Waals surface area contributed by atoms with E-state index in [1.165, 1.54) is 6.20 Å². The number of aromatic nitrogens is 2. The maximum atomic E-state index is 10.8. The van der Waals surface area contributed by atoms with E-state index in [1.54, 1.807) is 0 Å². The molecule has 0 aromatic carbocycles. The van der Waals surface area contributed by atoms with Crippen LogP contribution in [-0.4, -0.2) is 30.8 Å². The van der Waals surface area contributed by atoms with Crippen LogP contribution in [0.2, 0.25) is 0 Å². The summed E-state index contributed by atoms with van der Waals surface area (Å²) in [4.78, 5) is 10.7. The molecule has 0 aliphatic heterocycles. The Morgan fingerprint density at radius 2 is 2.31 bits per heavy atom. The number of H-pyrrole nitrogens is 1. The number of carbonyl (C=O) groups excluding carboxylic acids is 1. The summed E-state index contributed by atoms with van der Waals surface area (Å²) in [6.45, 7) is 0. The largest absolute Gasteiger partial charge is 0.365 e. The van der Waals surface area contributed by atoms with Gasteiger partial charge in [-0.3, -0.25) is 14.6 Å². The molecular formula is C5H8N4O3S. The van der Waals surface area contributed by atoms with Crippen molar-refractivity contribution in [3.63, 3.8) is 0 Å². The highest BCUT2D eigenvalue weighted by molar-refractivity contribution is 7.92. The fourth-order valence-corrected chi connectivity index (χ4v) is 1.24. The van der Waals surface area contributed by atoms with E-state index in [0.717, 1.165) is 6.26 Å². The number of rotatable bonds is 3. The number of hydrogen-bond donors (Lipinski definition) is 3. The summed E-state index contributed by atoms with van der Waals surface area (Å²) in [6, 6.07) is 0. The van der Waals surface area contributed by atoms with Crippen LogP contribution in [0.3, 0.4) is 0 Å². The van der Waals surface area contributed by atoms with Crippen LogP contribution in [0.5, 0.6) is 0 Å². The normalized spacial score (nSPS) is 11.2. The first kappa shape index (κ1) is 9.52. The van der Waals surface area contributed by atoms with Crippen molar-refractivity contribution in [1.82, 2.24) is 10.2 Å². The molecule has 72 valence electrons. The lowest BCUT2D eigenvalue weighted by atomic mass is 10.3. The van der Waals surface area contributed by atoms with Crippen LogP contribution in [0.25, 0.3) is 0 Å². The fraction of sp³-hybridized carbons (Fsp3) is 0.200. The van der Waals surface area contributed by atoms with E-state index < -0.39 is 15.9 Å². The Hall–Kier alpha value is -1.57. The van der Waals surface area contributed by atoms with Crippen LogP contribution in [0, 0.1) is 0 Å². The van der Waals surface area contributed by atoms with Crippen molar-refractivity contribution in [2.75, 3.05) is 11.0 Å². The van der Waals surface area contributed by atoms with Gasteiger partial charge in [0.1, 0.15) is 5.56 Å². The first-order chi connectivity index (χ1) is 5.90. The molecule has 4 N–H and O–H groups in total. The summed E-state index contributed by atoms with van der Waals surface area (Å²) in [5.74, 6) is -0.838. The zero-order chi connectivity index (χ0) is 10.1. The van der Waals surface area contributed by atoms with Gasteiger partial charge in [0.05, 0.1) is 6.26 Å². The summed E-state index contributed by atoms with van der Waals surface area (Å²) >= 11 is 0. The lowest BCUT2D eigenvalue weighted by Gasteiger charge is -1.99. The second-order valence-corrected chi connectivity index (χ2v) is 4.13. The molecule has 0 saturated heterocycles. The average Bonchev–Trinajstić information content (AvgIpc) is 2.31. The third-order valence-corrected chi connectivity index (χ3v) is 1.75. The molecule has 1 aromatic rings. The molecule has 0 spiro atoms. The molecule has 0 aliphatic carbocycles. The number of nitrogens with two attached hydrogens (primary N) is 1. The van der Waals surface area contributed by atoms with E-state index in [4.69, 9.17) is 5.73 Å². The maximum Gasteiger partial charge on any atom is 0.254 e. The van der Waals surface area contributed by atoms with Crippen LogP contribution in [-0.2, 0) is 10.0 Å². The van der Waals surface area contributed by atoms with Gasteiger partial charge >= 0.3 is 0 Å². The molecule has 1 rings (SSSR count). The first-order valence-electron chi connectivity index (χ1n) is 3.21. The number of hydrogen-bond acceptors (Lipinski definition) is 4. The van der Waals surface area contributed by atoms with E-state index in [1.807, 2.05) is 4.72 Å². The van der Waals surface area contributed by atoms with Crippen LogP contribution in [0.15, 0.2) is 6.20 Å². The summed E-state index contributed by atoms with van der Waals surface area (Å²) in [7, 11) is -3.44. The topological polar surface area (TPSA) is 118 Å². The summed E-state index contributed by atoms with van der Waals surface area (Å²) < 4.78 is 23.6. The third-order valence-electron chi connectivity index (χ3n) is 1.19. The van der Waals surface area contributed by atoms with Crippen LogP contribution in [0.4, 0.5) is 5.82 Å². The van der Waals surface area contributed by atoms with E-state index >= 15 is 0 Å². The number of nitrogens with one attached hydrogen (secondary N) is 2. The second kappa shape index (κ2) is 3.05. The Morgan fingerprint density at radius 1 is 1.69 bits per heavy atom. The quantitative estimate of drug-likeness (QED) is 0.577. The summed E-state index contributed by atoms with van der Waals surface area (Å²) in [6.07, 6.45) is 2.17.